The average Bonchev–Trinajstić information content (AvgIpc) is 2.98. The molecular formula is C17H23BrN2S. The second kappa shape index (κ2) is 7.97. The number of hydrogen-bond acceptors (Lipinski definition) is 3. The maximum Gasteiger partial charge on any atom is 0.0522 e. The van der Waals surface area contributed by atoms with Crippen LogP contribution in [0.1, 0.15) is 37.3 Å². The topological polar surface area (TPSA) is 15.3 Å². The van der Waals surface area contributed by atoms with Gasteiger partial charge in [-0.15, -0.1) is 11.3 Å². The summed E-state index contributed by atoms with van der Waals surface area (Å²) in [5.41, 5.74) is 2.67. The Hall–Kier alpha value is -0.840. The number of anilines is 1. The lowest BCUT2D eigenvalue weighted by atomic mass is 10.0. The van der Waals surface area contributed by atoms with E-state index < -0.39 is 0 Å². The summed E-state index contributed by atoms with van der Waals surface area (Å²) in [5, 5.41) is 5.67. The van der Waals surface area contributed by atoms with E-state index in [1.54, 1.807) is 0 Å². The molecule has 2 rings (SSSR count). The Morgan fingerprint density at radius 1 is 1.29 bits per heavy atom. The number of benzene rings is 1. The van der Waals surface area contributed by atoms with Gasteiger partial charge in [-0.25, -0.2) is 0 Å². The highest BCUT2D eigenvalue weighted by atomic mass is 79.9. The first-order valence-corrected chi connectivity index (χ1v) is 9.13. The molecule has 0 saturated heterocycles. The minimum atomic E-state index is 0.347. The Morgan fingerprint density at radius 3 is 2.71 bits per heavy atom. The van der Waals surface area contributed by atoms with Gasteiger partial charge in [-0.05, 0) is 55.6 Å². The zero-order chi connectivity index (χ0) is 15.2. The first-order valence-electron chi connectivity index (χ1n) is 7.45. The number of rotatable bonds is 7. The summed E-state index contributed by atoms with van der Waals surface area (Å²) in [6.45, 7) is 9.56. The van der Waals surface area contributed by atoms with Gasteiger partial charge < -0.3 is 10.2 Å². The lowest BCUT2D eigenvalue weighted by molar-refractivity contribution is 0.595. The zero-order valence-electron chi connectivity index (χ0n) is 12.9. The highest BCUT2D eigenvalue weighted by molar-refractivity contribution is 9.10. The Kier molecular flexibility index (Phi) is 6.27. The lowest BCUT2D eigenvalue weighted by Gasteiger charge is -2.28. The Labute approximate surface area is 140 Å². The van der Waals surface area contributed by atoms with Crippen LogP contribution in [0, 0.1) is 0 Å². The van der Waals surface area contributed by atoms with Gasteiger partial charge >= 0.3 is 0 Å². The molecule has 1 aromatic heterocycles. The fourth-order valence-corrected chi connectivity index (χ4v) is 3.63. The standard InChI is InChI=1S/C17H23BrN2S/c1-4-19-13(3)16-11-14(18)8-9-17(16)20(5-2)12-15-7-6-10-21-15/h6-11,13,19H,4-5,12H2,1-3H3. The normalized spacial score (nSPS) is 12.4. The number of hydrogen-bond donors (Lipinski definition) is 1. The number of halogens is 1. The first kappa shape index (κ1) is 16.5. The van der Waals surface area contributed by atoms with Gasteiger partial charge in [0.05, 0.1) is 6.54 Å². The van der Waals surface area contributed by atoms with Gasteiger partial charge in [0.2, 0.25) is 0 Å². The smallest absolute Gasteiger partial charge is 0.0522 e. The molecular weight excluding hydrogens is 344 g/mol. The van der Waals surface area contributed by atoms with E-state index in [1.165, 1.54) is 16.1 Å². The molecule has 0 bridgehead atoms. The van der Waals surface area contributed by atoms with Crippen molar-refractivity contribution in [2.75, 3.05) is 18.0 Å². The summed E-state index contributed by atoms with van der Waals surface area (Å²) in [4.78, 5) is 3.85. The molecule has 1 heterocycles. The lowest BCUT2D eigenvalue weighted by Crippen LogP contribution is -2.26. The summed E-state index contributed by atoms with van der Waals surface area (Å²) in [6.07, 6.45) is 0. The van der Waals surface area contributed by atoms with E-state index in [9.17, 15) is 0 Å². The number of thiophene rings is 1. The molecule has 0 aliphatic rings. The largest absolute Gasteiger partial charge is 0.366 e. The van der Waals surface area contributed by atoms with Gasteiger partial charge in [0.25, 0.3) is 0 Å². The second-order valence-electron chi connectivity index (χ2n) is 5.08. The predicted molar refractivity (Wildman–Crippen MR) is 97.3 cm³/mol. The highest BCUT2D eigenvalue weighted by Gasteiger charge is 2.15. The van der Waals surface area contributed by atoms with Crippen molar-refractivity contribution in [3.05, 3.63) is 50.6 Å². The van der Waals surface area contributed by atoms with Crippen molar-refractivity contribution in [3.63, 3.8) is 0 Å². The number of nitrogens with zero attached hydrogens (tertiary/aromatic N) is 1. The van der Waals surface area contributed by atoms with E-state index in [1.807, 2.05) is 11.3 Å². The van der Waals surface area contributed by atoms with Crippen LogP contribution in [0.5, 0.6) is 0 Å². The Bertz CT molecular complexity index is 554. The fourth-order valence-electron chi connectivity index (χ4n) is 2.53. The molecule has 0 aliphatic heterocycles. The SMILES string of the molecule is CCNC(C)c1cc(Br)ccc1N(CC)Cc1cccs1. The maximum absolute atomic E-state index is 3.60. The summed E-state index contributed by atoms with van der Waals surface area (Å²) >= 11 is 5.43. The zero-order valence-corrected chi connectivity index (χ0v) is 15.3. The van der Waals surface area contributed by atoms with Crippen molar-refractivity contribution in [1.82, 2.24) is 5.32 Å². The van der Waals surface area contributed by atoms with Gasteiger partial charge in [0, 0.05) is 27.6 Å². The molecule has 0 fully saturated rings. The second-order valence-corrected chi connectivity index (χ2v) is 7.02. The predicted octanol–water partition coefficient (Wildman–Crippen LogP) is 5.21. The molecule has 2 nitrogen and oxygen atoms in total. The van der Waals surface area contributed by atoms with Crippen molar-refractivity contribution in [2.24, 2.45) is 0 Å². The van der Waals surface area contributed by atoms with Crippen molar-refractivity contribution >= 4 is 33.0 Å². The molecule has 1 unspecified atom stereocenters. The van der Waals surface area contributed by atoms with E-state index in [2.05, 4.69) is 82.6 Å². The fraction of sp³-hybridized carbons (Fsp3) is 0.412. The summed E-state index contributed by atoms with van der Waals surface area (Å²) in [6, 6.07) is 11.3. The van der Waals surface area contributed by atoms with Crippen molar-refractivity contribution in [1.29, 1.82) is 0 Å². The van der Waals surface area contributed by atoms with E-state index in [0.29, 0.717) is 6.04 Å². The monoisotopic (exact) mass is 366 g/mol. The molecule has 1 atom stereocenters. The van der Waals surface area contributed by atoms with E-state index in [0.717, 1.165) is 24.1 Å². The van der Waals surface area contributed by atoms with Gasteiger partial charge in [-0.1, -0.05) is 28.9 Å². The molecule has 4 heteroatoms. The molecule has 114 valence electrons. The maximum atomic E-state index is 3.60. The Morgan fingerprint density at radius 2 is 2.10 bits per heavy atom. The van der Waals surface area contributed by atoms with Crippen LogP contribution in [0.4, 0.5) is 5.69 Å². The molecule has 1 aromatic carbocycles. The molecule has 0 radical (unpaired) electrons. The van der Waals surface area contributed by atoms with E-state index >= 15 is 0 Å². The quantitative estimate of drug-likeness (QED) is 0.723. The molecule has 0 aliphatic carbocycles. The van der Waals surface area contributed by atoms with Crippen LogP contribution >= 0.6 is 27.3 Å². The minimum absolute atomic E-state index is 0.347. The van der Waals surface area contributed by atoms with Crippen molar-refractivity contribution in [2.45, 2.75) is 33.4 Å². The van der Waals surface area contributed by atoms with E-state index in [4.69, 9.17) is 0 Å². The third-order valence-corrected chi connectivity index (χ3v) is 4.97. The van der Waals surface area contributed by atoms with Crippen molar-refractivity contribution < 1.29 is 0 Å². The van der Waals surface area contributed by atoms with Crippen LogP contribution in [0.15, 0.2) is 40.2 Å². The molecule has 21 heavy (non-hydrogen) atoms. The summed E-state index contributed by atoms with van der Waals surface area (Å²) in [7, 11) is 0. The van der Waals surface area contributed by atoms with Crippen LogP contribution in [0.25, 0.3) is 0 Å². The summed E-state index contributed by atoms with van der Waals surface area (Å²) < 4.78 is 1.14. The number of nitrogens with one attached hydrogen (secondary N) is 1. The molecule has 2 aromatic rings. The average molecular weight is 367 g/mol. The first-order chi connectivity index (χ1) is 10.2. The highest BCUT2D eigenvalue weighted by Crippen LogP contribution is 2.31. The third kappa shape index (κ3) is 4.31. The van der Waals surface area contributed by atoms with Crippen LogP contribution in [-0.2, 0) is 6.54 Å². The van der Waals surface area contributed by atoms with E-state index in [-0.39, 0.29) is 0 Å². The molecule has 1 N–H and O–H groups in total. The third-order valence-electron chi connectivity index (χ3n) is 3.62. The van der Waals surface area contributed by atoms with Crippen LogP contribution in [-0.4, -0.2) is 13.1 Å². The van der Waals surface area contributed by atoms with Crippen LogP contribution in [0.3, 0.4) is 0 Å². The van der Waals surface area contributed by atoms with Crippen LogP contribution < -0.4 is 10.2 Å². The summed E-state index contributed by atoms with van der Waals surface area (Å²) in [5.74, 6) is 0. The van der Waals surface area contributed by atoms with Crippen molar-refractivity contribution in [3.8, 4) is 0 Å². The molecule has 0 spiro atoms. The minimum Gasteiger partial charge on any atom is -0.366 e. The van der Waals surface area contributed by atoms with Gasteiger partial charge in [-0.3, -0.25) is 0 Å². The molecule has 0 saturated carbocycles. The van der Waals surface area contributed by atoms with Crippen LogP contribution in [0.2, 0.25) is 0 Å². The van der Waals surface area contributed by atoms with Gasteiger partial charge in [0.1, 0.15) is 0 Å². The van der Waals surface area contributed by atoms with Gasteiger partial charge in [0.15, 0.2) is 0 Å². The Balaban J connectivity index is 2.31. The molecule has 0 amide bonds. The van der Waals surface area contributed by atoms with Gasteiger partial charge in [-0.2, -0.15) is 0 Å².